The summed E-state index contributed by atoms with van der Waals surface area (Å²) in [5.74, 6) is 1.86. The Hall–Kier alpha value is -2.99. The predicted octanol–water partition coefficient (Wildman–Crippen LogP) is 1.56. The number of carbonyl (C=O) groups excluding carboxylic acids is 1. The highest BCUT2D eigenvalue weighted by Gasteiger charge is 2.60. The quantitative estimate of drug-likeness (QED) is 0.361. The van der Waals surface area contributed by atoms with Crippen LogP contribution in [0.15, 0.2) is 4.99 Å². The second-order valence-electron chi connectivity index (χ2n) is 11.1. The van der Waals surface area contributed by atoms with E-state index in [1.54, 1.807) is 0 Å². The van der Waals surface area contributed by atoms with E-state index in [-0.39, 0.29) is 17.5 Å². The molecule has 0 spiro atoms. The van der Waals surface area contributed by atoms with Crippen molar-refractivity contribution in [3.05, 3.63) is 11.5 Å². The van der Waals surface area contributed by atoms with Crippen LogP contribution in [0.4, 0.5) is 10.6 Å². The minimum Gasteiger partial charge on any atom is -0.479 e. The zero-order valence-electron chi connectivity index (χ0n) is 21.1. The topological polar surface area (TPSA) is 180 Å². The third kappa shape index (κ3) is 4.10. The zero-order chi connectivity index (χ0) is 26.6. The maximum atomic E-state index is 13.2. The lowest BCUT2D eigenvalue weighted by Gasteiger charge is -2.32. The molecule has 0 aromatic carbocycles. The number of aromatic amines is 1. The van der Waals surface area contributed by atoms with Crippen molar-refractivity contribution in [3.8, 4) is 0 Å². The molecule has 202 valence electrons. The van der Waals surface area contributed by atoms with Gasteiger partial charge in [-0.05, 0) is 62.7 Å². The minimum absolute atomic E-state index is 0.0619. The monoisotopic (exact) mass is 517 g/mol. The third-order valence-electron chi connectivity index (χ3n) is 8.76. The number of aliphatic hydroxyl groups excluding tert-OH is 2. The van der Waals surface area contributed by atoms with E-state index in [0.717, 1.165) is 60.3 Å². The van der Waals surface area contributed by atoms with Crippen LogP contribution in [0.5, 0.6) is 0 Å². The lowest BCUT2D eigenvalue weighted by Crippen LogP contribution is -2.50. The summed E-state index contributed by atoms with van der Waals surface area (Å²) < 4.78 is 0. The molecule has 2 amide bonds. The van der Waals surface area contributed by atoms with Crippen molar-refractivity contribution >= 4 is 29.6 Å². The maximum absolute atomic E-state index is 13.2. The number of amides is 2. The van der Waals surface area contributed by atoms with Gasteiger partial charge >= 0.3 is 18.0 Å². The molecule has 1 aromatic heterocycles. The van der Waals surface area contributed by atoms with E-state index in [1.165, 1.54) is 32.1 Å². The Morgan fingerprint density at radius 1 is 1.08 bits per heavy atom. The van der Waals surface area contributed by atoms with Gasteiger partial charge < -0.3 is 25.4 Å². The Morgan fingerprint density at radius 3 is 2.24 bits per heavy atom. The highest BCUT2D eigenvalue weighted by molar-refractivity contribution is 6.18. The molecule has 37 heavy (non-hydrogen) atoms. The number of nitrogens with one attached hydrogen (secondary N) is 1. The summed E-state index contributed by atoms with van der Waals surface area (Å²) in [6.45, 7) is 5.70. The number of urea groups is 1. The van der Waals surface area contributed by atoms with Gasteiger partial charge in [0.2, 0.25) is 0 Å². The Bertz CT molecular complexity index is 1100. The van der Waals surface area contributed by atoms with E-state index in [9.17, 15) is 14.4 Å². The number of amidine groups is 1. The second kappa shape index (κ2) is 9.39. The van der Waals surface area contributed by atoms with Crippen LogP contribution in [0, 0.1) is 17.8 Å². The number of nitrogens with zero attached hydrogens (tertiary/aromatic N) is 4. The Labute approximate surface area is 214 Å². The fourth-order valence-corrected chi connectivity index (χ4v) is 7.23. The second-order valence-corrected chi connectivity index (χ2v) is 11.1. The lowest BCUT2D eigenvalue weighted by atomic mass is 9.75. The molecule has 7 rings (SSSR count). The van der Waals surface area contributed by atoms with Crippen molar-refractivity contribution in [2.24, 2.45) is 22.7 Å². The lowest BCUT2D eigenvalue weighted by molar-refractivity contribution is -0.165. The Morgan fingerprint density at radius 2 is 1.70 bits per heavy atom. The van der Waals surface area contributed by atoms with Crippen LogP contribution in [-0.4, -0.2) is 90.4 Å². The van der Waals surface area contributed by atoms with Crippen LogP contribution in [0.3, 0.4) is 0 Å². The number of H-pyrrole nitrogens is 1. The summed E-state index contributed by atoms with van der Waals surface area (Å²) in [6, 6.07) is 0.272. The number of rotatable bonds is 7. The van der Waals surface area contributed by atoms with Crippen molar-refractivity contribution in [1.29, 1.82) is 0 Å². The number of carbonyl (C=O) groups is 3. The standard InChI is InChI=1S/C21H29N5O.C4H6O6/c1-3-5-25-18-16(17-22-15(4-2)11-26(17)20(25)27)23-19(24-18)21-9-12-6-13(10-21)8-14(21)7-12;5-1(3(7)8)2(6)4(9)10/h12-15H,3-11H2,1-2H3,(H,23,24);1-2,5-6H,(H,7,8)(H,9,10)/t12?,13?,14?,15-,21?;/m0./s1. The first kappa shape index (κ1) is 25.7. The number of carboxylic acids is 2. The number of aliphatic hydroxyl groups is 2. The molecule has 4 unspecified atom stereocenters. The molecular formula is C25H35N5O7. The van der Waals surface area contributed by atoms with Gasteiger partial charge in [0.25, 0.3) is 0 Å². The molecule has 1 aromatic rings. The summed E-state index contributed by atoms with van der Waals surface area (Å²) in [7, 11) is 0. The number of aliphatic imine (C=N–C) groups is 1. The summed E-state index contributed by atoms with van der Waals surface area (Å²) in [6.07, 6.45) is 4.13. The smallest absolute Gasteiger partial charge is 0.335 e. The van der Waals surface area contributed by atoms with Gasteiger partial charge in [0.1, 0.15) is 11.5 Å². The van der Waals surface area contributed by atoms with Crippen LogP contribution >= 0.6 is 0 Å². The molecule has 4 aliphatic carbocycles. The van der Waals surface area contributed by atoms with Gasteiger partial charge in [0, 0.05) is 12.0 Å². The molecule has 0 radical (unpaired) electrons. The fourth-order valence-electron chi connectivity index (χ4n) is 7.23. The van der Waals surface area contributed by atoms with Gasteiger partial charge in [0.15, 0.2) is 23.9 Å². The molecule has 12 heteroatoms. The van der Waals surface area contributed by atoms with Crippen LogP contribution < -0.4 is 4.90 Å². The van der Waals surface area contributed by atoms with Crippen molar-refractivity contribution in [1.82, 2.24) is 14.9 Å². The highest BCUT2D eigenvalue weighted by Crippen LogP contribution is 2.65. The average Bonchev–Trinajstić information content (AvgIpc) is 3.60. The molecule has 4 fully saturated rings. The zero-order valence-corrected chi connectivity index (χ0v) is 21.1. The number of aromatic nitrogens is 2. The van der Waals surface area contributed by atoms with E-state index in [1.807, 2.05) is 9.80 Å². The number of imidazole rings is 1. The largest absolute Gasteiger partial charge is 0.479 e. The van der Waals surface area contributed by atoms with Crippen LogP contribution in [-0.2, 0) is 15.0 Å². The number of aliphatic carboxylic acids is 2. The number of anilines is 1. The van der Waals surface area contributed by atoms with E-state index < -0.39 is 24.1 Å². The molecule has 0 saturated heterocycles. The van der Waals surface area contributed by atoms with Crippen molar-refractivity contribution in [3.63, 3.8) is 0 Å². The molecule has 4 bridgehead atoms. The number of hydrogen-bond donors (Lipinski definition) is 5. The summed E-state index contributed by atoms with van der Waals surface area (Å²) in [5.41, 5.74) is 1.23. The van der Waals surface area contributed by atoms with Gasteiger partial charge in [-0.15, -0.1) is 0 Å². The van der Waals surface area contributed by atoms with Gasteiger partial charge in [-0.2, -0.15) is 0 Å². The summed E-state index contributed by atoms with van der Waals surface area (Å²) >= 11 is 0. The normalized spacial score (nSPS) is 32.4. The Kier molecular flexibility index (Phi) is 6.51. The van der Waals surface area contributed by atoms with E-state index >= 15 is 0 Å². The first-order chi connectivity index (χ1) is 17.6. The van der Waals surface area contributed by atoms with Crippen LogP contribution in [0.25, 0.3) is 0 Å². The number of hydrogen-bond acceptors (Lipinski definition) is 7. The van der Waals surface area contributed by atoms with Gasteiger partial charge in [0.05, 0.1) is 12.6 Å². The highest BCUT2D eigenvalue weighted by atomic mass is 16.4. The van der Waals surface area contributed by atoms with Gasteiger partial charge in [-0.25, -0.2) is 19.4 Å². The fraction of sp³-hybridized carbons (Fsp3) is 0.720. The first-order valence-electron chi connectivity index (χ1n) is 13.2. The van der Waals surface area contributed by atoms with Crippen molar-refractivity contribution in [2.75, 3.05) is 18.0 Å². The molecule has 4 saturated carbocycles. The van der Waals surface area contributed by atoms with Crippen LogP contribution in [0.1, 0.15) is 70.3 Å². The van der Waals surface area contributed by atoms with Gasteiger partial charge in [-0.1, -0.05) is 13.8 Å². The SMILES string of the molecule is CCCN1C(=O)N2C[C@H](CC)N=C2c2[nH]c(C34CC5CC(CC3C5)C4)nc21.O=C(O)C(O)C(O)C(=O)O. The van der Waals surface area contributed by atoms with Crippen molar-refractivity contribution < 1.29 is 34.8 Å². The first-order valence-corrected chi connectivity index (χ1v) is 13.2. The average molecular weight is 518 g/mol. The van der Waals surface area contributed by atoms with Crippen molar-refractivity contribution in [2.45, 2.75) is 82.5 Å². The molecule has 12 nitrogen and oxygen atoms in total. The van der Waals surface area contributed by atoms with E-state index in [2.05, 4.69) is 18.8 Å². The van der Waals surface area contributed by atoms with Crippen LogP contribution in [0.2, 0.25) is 0 Å². The minimum atomic E-state index is -2.27. The van der Waals surface area contributed by atoms with E-state index in [0.29, 0.717) is 6.54 Å². The molecule has 5 atom stereocenters. The predicted molar refractivity (Wildman–Crippen MR) is 131 cm³/mol. The Balaban J connectivity index is 0.000000241. The molecular weight excluding hydrogens is 482 g/mol. The van der Waals surface area contributed by atoms with E-state index in [4.69, 9.17) is 30.4 Å². The maximum Gasteiger partial charge on any atom is 0.335 e. The summed E-state index contributed by atoms with van der Waals surface area (Å²) in [5, 5.41) is 32.5. The summed E-state index contributed by atoms with van der Waals surface area (Å²) in [4.78, 5) is 50.2. The number of carboxylic acid groups (broad SMARTS) is 2. The number of fused-ring (bicyclic) bond motifs is 3. The molecule has 5 N–H and O–H groups in total. The molecule has 6 aliphatic rings. The molecule has 3 heterocycles. The van der Waals surface area contributed by atoms with Gasteiger partial charge in [-0.3, -0.25) is 14.8 Å². The third-order valence-corrected chi connectivity index (χ3v) is 8.76. The molecule has 2 aliphatic heterocycles.